The molecule has 5 N–H and O–H groups in total. The number of thioether (sulfide) groups is 1. The van der Waals surface area contributed by atoms with Gasteiger partial charge in [-0.05, 0) is 44.5 Å². The number of aliphatic imine (C=N–C) groups is 1. The minimum Gasteiger partial charge on any atom is -0.456 e. The summed E-state index contributed by atoms with van der Waals surface area (Å²) >= 11 is 2.87. The number of aldehydes is 1. The third-order valence-corrected chi connectivity index (χ3v) is 8.48. The molecule has 1 aromatic heterocycles. The maximum absolute atomic E-state index is 12.8. The lowest BCUT2D eigenvalue weighted by Crippen LogP contribution is -2.42. The number of nitrogens with two attached hydrogens (primary N) is 1. The summed E-state index contributed by atoms with van der Waals surface area (Å²) in [6.45, 7) is 5.77. The molecule has 226 valence electrons. The number of benzene rings is 1. The van der Waals surface area contributed by atoms with E-state index in [4.69, 9.17) is 10.5 Å². The highest BCUT2D eigenvalue weighted by Gasteiger charge is 2.31. The molecule has 0 saturated heterocycles. The molecule has 13 heteroatoms. The summed E-state index contributed by atoms with van der Waals surface area (Å²) in [6, 6.07) is 6.47. The third kappa shape index (κ3) is 9.78. The van der Waals surface area contributed by atoms with Crippen LogP contribution >= 0.6 is 23.1 Å². The number of hydrogen-bond acceptors (Lipinski definition) is 11. The van der Waals surface area contributed by atoms with Crippen molar-refractivity contribution in [3.05, 3.63) is 52.5 Å². The van der Waals surface area contributed by atoms with Crippen LogP contribution in [0.15, 0.2) is 46.8 Å². The average Bonchev–Trinajstić information content (AvgIpc) is 3.58. The molecule has 1 aromatic carbocycles. The minimum absolute atomic E-state index is 0.0128. The summed E-state index contributed by atoms with van der Waals surface area (Å²) in [5, 5.41) is 11.8. The highest BCUT2D eigenvalue weighted by Crippen LogP contribution is 2.30. The number of thiazole rings is 1. The Labute approximate surface area is 254 Å². The lowest BCUT2D eigenvalue weighted by Gasteiger charge is -2.22. The van der Waals surface area contributed by atoms with Crippen molar-refractivity contribution in [1.82, 2.24) is 15.6 Å². The van der Waals surface area contributed by atoms with Crippen molar-refractivity contribution in [3.8, 4) is 0 Å². The van der Waals surface area contributed by atoms with Crippen molar-refractivity contribution < 1.29 is 23.9 Å². The first-order valence-corrected chi connectivity index (χ1v) is 15.5. The number of nitrogen functional groups attached to an aromatic ring is 1. The molecule has 0 fully saturated rings. The van der Waals surface area contributed by atoms with Crippen LogP contribution in [-0.2, 0) is 30.5 Å². The second-order valence-corrected chi connectivity index (χ2v) is 12.3. The van der Waals surface area contributed by atoms with Gasteiger partial charge in [-0.2, -0.15) is 0 Å². The predicted octanol–water partition coefficient (Wildman–Crippen LogP) is 3.31. The second kappa shape index (κ2) is 15.6. The van der Waals surface area contributed by atoms with Crippen LogP contribution < -0.4 is 21.7 Å². The summed E-state index contributed by atoms with van der Waals surface area (Å²) < 4.78 is 5.68. The first-order chi connectivity index (χ1) is 20.0. The van der Waals surface area contributed by atoms with Crippen molar-refractivity contribution in [2.24, 2.45) is 10.9 Å². The summed E-state index contributed by atoms with van der Waals surface area (Å²) in [5.41, 5.74) is 6.84. The summed E-state index contributed by atoms with van der Waals surface area (Å²) in [5.74, 6) is -0.437. The Balaban J connectivity index is 1.57. The number of carbonyl (C=O) groups excluding carboxylic acids is 4. The number of amides is 2. The SMILES string of the molecule is CN[C@H](C(=O)O[C@H](/C=C/CCC(=O)Nc1ccccc1N)CC(=O)NCc1nc(C2=N[C@](C)(C=O)CS2)cs1)C(C)C. The number of para-hydroxylation sites is 2. The van der Waals surface area contributed by atoms with E-state index in [9.17, 15) is 19.2 Å². The molecule has 1 aliphatic rings. The summed E-state index contributed by atoms with van der Waals surface area (Å²) in [7, 11) is 1.68. The second-order valence-electron chi connectivity index (χ2n) is 10.4. The Kier molecular flexibility index (Phi) is 12.3. The fourth-order valence-corrected chi connectivity index (χ4v) is 5.88. The van der Waals surface area contributed by atoms with E-state index in [2.05, 4.69) is 25.9 Å². The largest absolute Gasteiger partial charge is 0.456 e. The average molecular weight is 615 g/mol. The van der Waals surface area contributed by atoms with Gasteiger partial charge in [-0.3, -0.25) is 19.4 Å². The molecule has 3 rings (SSSR count). The maximum atomic E-state index is 12.8. The Morgan fingerprint density at radius 1 is 1.21 bits per heavy atom. The number of aromatic nitrogens is 1. The number of allylic oxidation sites excluding steroid dienone is 1. The summed E-state index contributed by atoms with van der Waals surface area (Å²) in [4.78, 5) is 58.2. The van der Waals surface area contributed by atoms with E-state index in [1.165, 1.54) is 23.1 Å². The van der Waals surface area contributed by atoms with Crippen LogP contribution in [0.1, 0.15) is 50.7 Å². The quantitative estimate of drug-likeness (QED) is 0.102. The molecule has 0 saturated carbocycles. The van der Waals surface area contributed by atoms with Gasteiger partial charge in [0, 0.05) is 17.6 Å². The van der Waals surface area contributed by atoms with Crippen molar-refractivity contribution >= 4 is 63.6 Å². The topological polar surface area (TPSA) is 165 Å². The van der Waals surface area contributed by atoms with E-state index in [1.807, 2.05) is 19.2 Å². The van der Waals surface area contributed by atoms with Gasteiger partial charge in [0.2, 0.25) is 11.8 Å². The number of carbonyl (C=O) groups is 4. The molecular weight excluding hydrogens is 576 g/mol. The molecular formula is C29H38N6O5S2. The van der Waals surface area contributed by atoms with Gasteiger partial charge in [0.05, 0.1) is 24.3 Å². The van der Waals surface area contributed by atoms with Gasteiger partial charge >= 0.3 is 5.97 Å². The molecule has 2 aromatic rings. The highest BCUT2D eigenvalue weighted by molar-refractivity contribution is 8.14. The zero-order valence-corrected chi connectivity index (χ0v) is 25.8. The maximum Gasteiger partial charge on any atom is 0.323 e. The molecule has 1 aliphatic heterocycles. The van der Waals surface area contributed by atoms with Crippen LogP contribution in [0.25, 0.3) is 0 Å². The lowest BCUT2D eigenvalue weighted by molar-refractivity contribution is -0.151. The number of hydrogen-bond donors (Lipinski definition) is 4. The number of ether oxygens (including phenoxy) is 1. The molecule has 0 bridgehead atoms. The van der Waals surface area contributed by atoms with Gasteiger partial charge in [-0.1, -0.05) is 32.1 Å². The van der Waals surface area contributed by atoms with Crippen molar-refractivity contribution in [2.45, 2.75) is 64.3 Å². The van der Waals surface area contributed by atoms with Crippen LogP contribution in [0.5, 0.6) is 0 Å². The Bertz CT molecular complexity index is 1330. The van der Waals surface area contributed by atoms with Crippen LogP contribution in [-0.4, -0.2) is 64.6 Å². The number of nitrogens with zero attached hydrogens (tertiary/aromatic N) is 2. The van der Waals surface area contributed by atoms with Gasteiger partial charge in [0.1, 0.15) is 39.7 Å². The van der Waals surface area contributed by atoms with Crippen LogP contribution in [0.2, 0.25) is 0 Å². The molecule has 42 heavy (non-hydrogen) atoms. The molecule has 3 atom stereocenters. The smallest absolute Gasteiger partial charge is 0.323 e. The van der Waals surface area contributed by atoms with Crippen LogP contribution in [0, 0.1) is 5.92 Å². The number of esters is 1. The Morgan fingerprint density at radius 2 is 1.98 bits per heavy atom. The minimum atomic E-state index is -0.822. The molecule has 2 amide bonds. The number of rotatable bonds is 15. The zero-order valence-electron chi connectivity index (χ0n) is 24.2. The van der Waals surface area contributed by atoms with E-state index in [1.54, 1.807) is 50.4 Å². The molecule has 11 nitrogen and oxygen atoms in total. The molecule has 0 spiro atoms. The molecule has 0 aliphatic carbocycles. The lowest BCUT2D eigenvalue weighted by atomic mass is 10.1. The van der Waals surface area contributed by atoms with Crippen molar-refractivity contribution in [3.63, 3.8) is 0 Å². The fraction of sp³-hybridized carbons (Fsp3) is 0.448. The van der Waals surface area contributed by atoms with Gasteiger partial charge < -0.3 is 31.2 Å². The van der Waals surface area contributed by atoms with Crippen molar-refractivity contribution in [2.75, 3.05) is 23.9 Å². The first-order valence-electron chi connectivity index (χ1n) is 13.6. The number of likely N-dealkylation sites (N-methyl/N-ethyl adjacent to an activating group) is 1. The predicted molar refractivity (Wildman–Crippen MR) is 167 cm³/mol. The summed E-state index contributed by atoms with van der Waals surface area (Å²) in [6.07, 6.45) is 3.84. The van der Waals surface area contributed by atoms with E-state index >= 15 is 0 Å². The molecule has 0 unspecified atom stereocenters. The number of nitrogens with one attached hydrogen (secondary N) is 3. The van der Waals surface area contributed by atoms with Crippen molar-refractivity contribution in [1.29, 1.82) is 0 Å². The fourth-order valence-electron chi connectivity index (χ4n) is 4.00. The first kappa shape index (κ1) is 33.0. The van der Waals surface area contributed by atoms with Gasteiger partial charge in [-0.25, -0.2) is 4.98 Å². The van der Waals surface area contributed by atoms with Gasteiger partial charge in [-0.15, -0.1) is 23.1 Å². The zero-order chi connectivity index (χ0) is 30.7. The van der Waals surface area contributed by atoms with Gasteiger partial charge in [0.15, 0.2) is 0 Å². The molecule has 0 radical (unpaired) electrons. The standard InChI is InChI=1S/C29H38N6O5S2/c1-18(2)26(31-4)28(39)40-19(9-5-8-12-23(37)33-21-11-7-6-10-20(21)30)13-24(38)32-14-25-34-22(15-41-25)27-35-29(3,16-36)17-42-27/h5-7,9-11,15-16,18-19,26,31H,8,12-14,17,30H2,1-4H3,(H,32,38)(H,33,37)/b9-5+/t19-,26+,29-/m1/s1. The third-order valence-electron chi connectivity index (χ3n) is 6.33. The molecule has 2 heterocycles. The highest BCUT2D eigenvalue weighted by atomic mass is 32.2. The van der Waals surface area contributed by atoms with E-state index in [0.717, 1.165) is 6.29 Å². The van der Waals surface area contributed by atoms with E-state index < -0.39 is 23.7 Å². The Hall–Kier alpha value is -3.55. The van der Waals surface area contributed by atoms with E-state index in [-0.39, 0.29) is 37.1 Å². The van der Waals surface area contributed by atoms with Crippen LogP contribution in [0.3, 0.4) is 0 Å². The number of anilines is 2. The Morgan fingerprint density at radius 3 is 2.64 bits per heavy atom. The van der Waals surface area contributed by atoms with Gasteiger partial charge in [0.25, 0.3) is 0 Å². The monoisotopic (exact) mass is 614 g/mol. The van der Waals surface area contributed by atoms with Crippen LogP contribution in [0.4, 0.5) is 11.4 Å². The normalized spacial score (nSPS) is 18.0. The van der Waals surface area contributed by atoms with E-state index in [0.29, 0.717) is 39.3 Å².